The zero-order chi connectivity index (χ0) is 11.1. The SMILES string of the molecule is O=C1C=c2cc3c(cc2C(=O)C1)=CC=CC3. The lowest BCUT2D eigenvalue weighted by Crippen LogP contribution is -2.29. The maximum Gasteiger partial charge on any atom is 0.171 e. The summed E-state index contributed by atoms with van der Waals surface area (Å²) in [5.41, 5.74) is 1.87. The van der Waals surface area contributed by atoms with E-state index in [1.165, 1.54) is 5.56 Å². The van der Waals surface area contributed by atoms with E-state index in [4.69, 9.17) is 0 Å². The molecule has 16 heavy (non-hydrogen) atoms. The highest BCUT2D eigenvalue weighted by molar-refractivity contribution is 6.22. The van der Waals surface area contributed by atoms with Crippen molar-refractivity contribution < 1.29 is 9.59 Å². The molecular weight excluding hydrogens is 200 g/mol. The molecule has 2 aliphatic carbocycles. The highest BCUT2D eigenvalue weighted by Crippen LogP contribution is 2.06. The number of hydrogen-bond acceptors (Lipinski definition) is 2. The minimum Gasteiger partial charge on any atom is -0.294 e. The third-order valence-corrected chi connectivity index (χ3v) is 3.01. The molecule has 1 aromatic rings. The average Bonchev–Trinajstić information content (AvgIpc) is 2.27. The Morgan fingerprint density at radius 1 is 1.06 bits per heavy atom. The summed E-state index contributed by atoms with van der Waals surface area (Å²) in [4.78, 5) is 23.0. The molecule has 0 spiro atoms. The van der Waals surface area contributed by atoms with Crippen molar-refractivity contribution in [2.24, 2.45) is 0 Å². The normalized spacial score (nSPS) is 17.2. The maximum atomic E-state index is 11.7. The summed E-state index contributed by atoms with van der Waals surface area (Å²) < 4.78 is 0. The third kappa shape index (κ3) is 1.34. The van der Waals surface area contributed by atoms with E-state index in [1.54, 1.807) is 6.08 Å². The number of benzene rings is 1. The van der Waals surface area contributed by atoms with Gasteiger partial charge in [-0.05, 0) is 40.6 Å². The highest BCUT2D eigenvalue weighted by Gasteiger charge is 2.17. The Bertz CT molecular complexity index is 648. The number of Topliss-reactive ketones (excluding diaryl/α,β-unsaturated/α-hetero) is 2. The zero-order valence-electron chi connectivity index (χ0n) is 8.69. The summed E-state index contributed by atoms with van der Waals surface area (Å²) in [6.45, 7) is 0. The zero-order valence-corrected chi connectivity index (χ0v) is 8.69. The van der Waals surface area contributed by atoms with Gasteiger partial charge in [0.05, 0.1) is 6.42 Å². The monoisotopic (exact) mass is 210 g/mol. The van der Waals surface area contributed by atoms with Crippen LogP contribution in [0.4, 0.5) is 0 Å². The van der Waals surface area contributed by atoms with Crippen LogP contribution in [0.2, 0.25) is 0 Å². The van der Waals surface area contributed by atoms with E-state index in [9.17, 15) is 9.59 Å². The number of carbonyl (C=O) groups excluding carboxylic acids is 2. The maximum absolute atomic E-state index is 11.7. The molecule has 0 saturated carbocycles. The fraction of sp³-hybridized carbons (Fsp3) is 0.143. The van der Waals surface area contributed by atoms with E-state index in [1.807, 2.05) is 24.3 Å². The van der Waals surface area contributed by atoms with Crippen LogP contribution in [-0.2, 0) is 11.2 Å². The minimum atomic E-state index is -0.0900. The van der Waals surface area contributed by atoms with Crippen LogP contribution >= 0.6 is 0 Å². The lowest BCUT2D eigenvalue weighted by molar-refractivity contribution is -0.112. The number of hydrogen-bond donors (Lipinski definition) is 0. The van der Waals surface area contributed by atoms with Gasteiger partial charge in [-0.25, -0.2) is 0 Å². The van der Waals surface area contributed by atoms with E-state index in [0.717, 1.165) is 16.9 Å². The van der Waals surface area contributed by atoms with Crippen molar-refractivity contribution >= 4 is 23.7 Å². The molecule has 0 unspecified atom stereocenters. The number of fused-ring (bicyclic) bond motifs is 2. The topological polar surface area (TPSA) is 34.1 Å². The lowest BCUT2D eigenvalue weighted by Gasteiger charge is -2.10. The Morgan fingerprint density at radius 2 is 1.94 bits per heavy atom. The van der Waals surface area contributed by atoms with Gasteiger partial charge >= 0.3 is 0 Å². The van der Waals surface area contributed by atoms with Gasteiger partial charge in [-0.1, -0.05) is 18.2 Å². The quantitative estimate of drug-likeness (QED) is 0.585. The molecule has 3 rings (SSSR count). The van der Waals surface area contributed by atoms with E-state index >= 15 is 0 Å². The Balaban J connectivity index is 2.37. The van der Waals surface area contributed by atoms with Gasteiger partial charge in [-0.2, -0.15) is 0 Å². The summed E-state index contributed by atoms with van der Waals surface area (Å²) >= 11 is 0. The Hall–Kier alpha value is -1.96. The van der Waals surface area contributed by atoms with Crippen molar-refractivity contribution in [1.29, 1.82) is 0 Å². The molecule has 0 radical (unpaired) electrons. The van der Waals surface area contributed by atoms with Crippen LogP contribution in [0, 0.1) is 0 Å². The van der Waals surface area contributed by atoms with Gasteiger partial charge in [0.25, 0.3) is 0 Å². The molecule has 0 aliphatic heterocycles. The molecule has 1 aromatic carbocycles. The standard InChI is InChI=1S/C14H10O2/c15-12-6-11-5-9-3-1-2-4-10(9)7-13(11)14(16)8-12/h1-2,4-7H,3,8H2. The van der Waals surface area contributed by atoms with Gasteiger partial charge in [0.15, 0.2) is 11.6 Å². The second-order valence-corrected chi connectivity index (χ2v) is 4.15. The Kier molecular flexibility index (Phi) is 1.90. The number of carbonyl (C=O) groups is 2. The van der Waals surface area contributed by atoms with Crippen LogP contribution in [0.15, 0.2) is 24.3 Å². The Labute approximate surface area is 92.6 Å². The van der Waals surface area contributed by atoms with E-state index < -0.39 is 0 Å². The summed E-state index contributed by atoms with van der Waals surface area (Å²) in [7, 11) is 0. The van der Waals surface area contributed by atoms with Crippen LogP contribution < -0.4 is 10.4 Å². The van der Waals surface area contributed by atoms with E-state index in [-0.39, 0.29) is 18.0 Å². The molecule has 2 nitrogen and oxygen atoms in total. The highest BCUT2D eigenvalue weighted by atomic mass is 16.1. The number of rotatable bonds is 0. The smallest absolute Gasteiger partial charge is 0.171 e. The second kappa shape index (κ2) is 3.27. The first kappa shape index (κ1) is 9.28. The largest absolute Gasteiger partial charge is 0.294 e. The first-order chi connectivity index (χ1) is 7.74. The van der Waals surface area contributed by atoms with Crippen molar-refractivity contribution in [3.05, 3.63) is 45.8 Å². The molecule has 0 amide bonds. The van der Waals surface area contributed by atoms with Gasteiger partial charge in [0, 0.05) is 5.56 Å². The molecule has 2 heteroatoms. The fourth-order valence-corrected chi connectivity index (χ4v) is 2.22. The van der Waals surface area contributed by atoms with Crippen LogP contribution in [0.5, 0.6) is 0 Å². The summed E-state index contributed by atoms with van der Waals surface area (Å²) in [5.74, 6) is -0.152. The molecule has 0 saturated heterocycles. The van der Waals surface area contributed by atoms with E-state index in [2.05, 4.69) is 6.08 Å². The number of ketones is 2. The molecule has 2 aliphatic rings. The summed E-state index contributed by atoms with van der Waals surface area (Å²) in [5, 5.41) is 1.88. The summed E-state index contributed by atoms with van der Waals surface area (Å²) in [6.07, 6.45) is 8.53. The average molecular weight is 210 g/mol. The van der Waals surface area contributed by atoms with Crippen molar-refractivity contribution in [3.63, 3.8) is 0 Å². The third-order valence-electron chi connectivity index (χ3n) is 3.01. The molecule has 0 fully saturated rings. The molecule has 0 atom stereocenters. The molecule has 0 bridgehead atoms. The van der Waals surface area contributed by atoms with Crippen molar-refractivity contribution in [1.82, 2.24) is 0 Å². The predicted octanol–water partition coefficient (Wildman–Crippen LogP) is 0.515. The van der Waals surface area contributed by atoms with Crippen LogP contribution in [0.25, 0.3) is 12.2 Å². The molecule has 0 heterocycles. The van der Waals surface area contributed by atoms with Gasteiger partial charge in [0.2, 0.25) is 0 Å². The first-order valence-corrected chi connectivity index (χ1v) is 5.31. The predicted molar refractivity (Wildman–Crippen MR) is 61.4 cm³/mol. The molecule has 78 valence electrons. The second-order valence-electron chi connectivity index (χ2n) is 4.15. The first-order valence-electron chi connectivity index (χ1n) is 5.31. The summed E-state index contributed by atoms with van der Waals surface area (Å²) in [6, 6.07) is 3.86. The van der Waals surface area contributed by atoms with Gasteiger partial charge in [-0.15, -0.1) is 0 Å². The van der Waals surface area contributed by atoms with Crippen LogP contribution in [0.3, 0.4) is 0 Å². The van der Waals surface area contributed by atoms with Crippen molar-refractivity contribution in [2.75, 3.05) is 0 Å². The minimum absolute atomic E-state index is 0.0155. The molecule has 0 N–H and O–H groups in total. The van der Waals surface area contributed by atoms with E-state index in [0.29, 0.717) is 5.56 Å². The Morgan fingerprint density at radius 3 is 2.81 bits per heavy atom. The molecular formula is C14H10O2. The van der Waals surface area contributed by atoms with Gasteiger partial charge in [0.1, 0.15) is 0 Å². The van der Waals surface area contributed by atoms with Crippen molar-refractivity contribution in [2.45, 2.75) is 12.8 Å². The van der Waals surface area contributed by atoms with Crippen LogP contribution in [-0.4, -0.2) is 11.6 Å². The lowest BCUT2D eigenvalue weighted by atomic mass is 9.92. The fourth-order valence-electron chi connectivity index (χ4n) is 2.22. The van der Waals surface area contributed by atoms with Gasteiger partial charge < -0.3 is 0 Å². The van der Waals surface area contributed by atoms with Crippen LogP contribution in [0.1, 0.15) is 22.3 Å². The van der Waals surface area contributed by atoms with Gasteiger partial charge in [-0.3, -0.25) is 9.59 Å². The molecule has 0 aromatic heterocycles. The van der Waals surface area contributed by atoms with Crippen molar-refractivity contribution in [3.8, 4) is 0 Å². The number of allylic oxidation sites excluding steroid dienone is 2.